The molecular formula is C15H15F3N4OS. The largest absolute Gasteiger partial charge is 0.446 e. The van der Waals surface area contributed by atoms with E-state index in [-0.39, 0.29) is 28.8 Å². The summed E-state index contributed by atoms with van der Waals surface area (Å²) >= 11 is -0.331. The fourth-order valence-corrected chi connectivity index (χ4v) is 2.56. The number of aromatic nitrogens is 2. The number of hydrogen-bond acceptors (Lipinski definition) is 5. The van der Waals surface area contributed by atoms with Crippen LogP contribution in [-0.2, 0) is 6.54 Å². The van der Waals surface area contributed by atoms with Crippen LogP contribution in [0.4, 0.5) is 13.2 Å². The monoisotopic (exact) mass is 356 g/mol. The minimum atomic E-state index is -4.49. The zero-order chi connectivity index (χ0) is 17.7. The van der Waals surface area contributed by atoms with Gasteiger partial charge in [-0.2, -0.15) is 13.2 Å². The summed E-state index contributed by atoms with van der Waals surface area (Å²) in [6, 6.07) is 6.43. The molecule has 1 amide bonds. The van der Waals surface area contributed by atoms with E-state index in [2.05, 4.69) is 9.97 Å². The summed E-state index contributed by atoms with van der Waals surface area (Å²) in [6.07, 6.45) is 3.96. The van der Waals surface area contributed by atoms with Crippen LogP contribution in [0.2, 0.25) is 0 Å². The average Bonchev–Trinajstić information content (AvgIpc) is 2.52. The van der Waals surface area contributed by atoms with E-state index >= 15 is 0 Å². The Hall–Kier alpha value is -2.13. The molecular weight excluding hydrogens is 341 g/mol. The number of nitrogens with zero attached hydrogens (tertiary/aromatic N) is 4. The molecule has 2 aromatic heterocycles. The maximum atomic E-state index is 12.7. The van der Waals surface area contributed by atoms with E-state index < -0.39 is 11.4 Å². The standard InChI is InChI=1S/C15H15F3N4OS/c1-21(2)22(10-11-5-3-4-7-20-11)14(23)12-9-19-8-6-13(12)24-15(16,17)18/h3-9H,10H2,1-2H3. The van der Waals surface area contributed by atoms with Gasteiger partial charge in [0.25, 0.3) is 5.91 Å². The highest BCUT2D eigenvalue weighted by molar-refractivity contribution is 8.00. The number of hydrazine groups is 1. The summed E-state index contributed by atoms with van der Waals surface area (Å²) in [5.74, 6) is -0.578. The van der Waals surface area contributed by atoms with Gasteiger partial charge in [-0.15, -0.1) is 0 Å². The lowest BCUT2D eigenvalue weighted by atomic mass is 10.2. The number of pyridine rings is 2. The Kier molecular flexibility index (Phi) is 5.79. The maximum Gasteiger partial charge on any atom is 0.446 e. The molecule has 9 heteroatoms. The molecule has 0 atom stereocenters. The van der Waals surface area contributed by atoms with Crippen LogP contribution in [0.3, 0.4) is 0 Å². The lowest BCUT2D eigenvalue weighted by molar-refractivity contribution is -0.0328. The van der Waals surface area contributed by atoms with Gasteiger partial charge < -0.3 is 0 Å². The summed E-state index contributed by atoms with van der Waals surface area (Å²) in [7, 11) is 3.27. The van der Waals surface area contributed by atoms with Crippen molar-refractivity contribution in [2.45, 2.75) is 16.9 Å². The Morgan fingerprint density at radius 2 is 1.96 bits per heavy atom. The van der Waals surface area contributed by atoms with Crippen molar-refractivity contribution in [2.75, 3.05) is 14.1 Å². The Morgan fingerprint density at radius 1 is 1.21 bits per heavy atom. The van der Waals surface area contributed by atoms with Gasteiger partial charge in [-0.25, -0.2) is 5.01 Å². The van der Waals surface area contributed by atoms with Gasteiger partial charge in [0.2, 0.25) is 0 Å². The minimum Gasteiger partial charge on any atom is -0.267 e. The van der Waals surface area contributed by atoms with Crippen LogP contribution in [0.1, 0.15) is 16.1 Å². The van der Waals surface area contributed by atoms with Gasteiger partial charge in [-0.1, -0.05) is 6.07 Å². The molecule has 0 saturated carbocycles. The third-order valence-corrected chi connectivity index (χ3v) is 3.80. The molecule has 0 aliphatic rings. The van der Waals surface area contributed by atoms with Crippen molar-refractivity contribution in [1.29, 1.82) is 0 Å². The van der Waals surface area contributed by atoms with E-state index in [1.165, 1.54) is 22.3 Å². The molecule has 24 heavy (non-hydrogen) atoms. The SMILES string of the molecule is CN(C)N(Cc1ccccn1)C(=O)c1cnccc1SC(F)(F)F. The van der Waals surface area contributed by atoms with Crippen molar-refractivity contribution in [3.63, 3.8) is 0 Å². The van der Waals surface area contributed by atoms with E-state index in [0.29, 0.717) is 5.69 Å². The molecule has 2 rings (SSSR count). The number of halogens is 3. The first-order valence-electron chi connectivity index (χ1n) is 6.86. The molecule has 0 bridgehead atoms. The molecule has 5 nitrogen and oxygen atoms in total. The third kappa shape index (κ3) is 4.93. The predicted octanol–water partition coefficient (Wildman–Crippen LogP) is 3.21. The summed E-state index contributed by atoms with van der Waals surface area (Å²) < 4.78 is 38.1. The maximum absolute atomic E-state index is 12.7. The van der Waals surface area contributed by atoms with Gasteiger partial charge in [-0.3, -0.25) is 19.8 Å². The zero-order valence-corrected chi connectivity index (χ0v) is 13.8. The van der Waals surface area contributed by atoms with Crippen molar-refractivity contribution in [2.24, 2.45) is 0 Å². The average molecular weight is 356 g/mol. The lowest BCUT2D eigenvalue weighted by Crippen LogP contribution is -2.41. The number of hydrogen-bond donors (Lipinski definition) is 0. The van der Waals surface area contributed by atoms with E-state index in [4.69, 9.17) is 0 Å². The Bertz CT molecular complexity index is 695. The molecule has 0 unspecified atom stereocenters. The number of rotatable bonds is 5. The number of alkyl halides is 3. The van der Waals surface area contributed by atoms with Gasteiger partial charge in [0.15, 0.2) is 0 Å². The van der Waals surface area contributed by atoms with Gasteiger partial charge in [0.05, 0.1) is 17.8 Å². The van der Waals surface area contributed by atoms with Crippen LogP contribution in [-0.4, -0.2) is 45.5 Å². The molecule has 2 heterocycles. The fourth-order valence-electron chi connectivity index (χ4n) is 1.94. The zero-order valence-electron chi connectivity index (χ0n) is 13.0. The van der Waals surface area contributed by atoms with E-state index in [9.17, 15) is 18.0 Å². The second-order valence-corrected chi connectivity index (χ2v) is 6.06. The predicted molar refractivity (Wildman–Crippen MR) is 83.9 cm³/mol. The summed E-state index contributed by atoms with van der Waals surface area (Å²) in [5, 5.41) is 2.81. The summed E-state index contributed by atoms with van der Waals surface area (Å²) in [4.78, 5) is 20.5. The Balaban J connectivity index is 2.30. The number of carbonyl (C=O) groups is 1. The van der Waals surface area contributed by atoms with Crippen molar-refractivity contribution in [3.05, 3.63) is 54.1 Å². The van der Waals surface area contributed by atoms with Gasteiger partial charge >= 0.3 is 5.51 Å². The molecule has 128 valence electrons. The van der Waals surface area contributed by atoms with Gasteiger partial charge in [0, 0.05) is 37.6 Å². The van der Waals surface area contributed by atoms with Crippen LogP contribution in [0, 0.1) is 0 Å². The molecule has 0 saturated heterocycles. The number of amides is 1. The molecule has 2 aromatic rings. The highest BCUT2D eigenvalue weighted by atomic mass is 32.2. The van der Waals surface area contributed by atoms with Crippen molar-refractivity contribution in [3.8, 4) is 0 Å². The van der Waals surface area contributed by atoms with Crippen LogP contribution in [0.25, 0.3) is 0 Å². The highest BCUT2D eigenvalue weighted by Crippen LogP contribution is 2.38. The number of thioether (sulfide) groups is 1. The van der Waals surface area contributed by atoms with Crippen molar-refractivity contribution in [1.82, 2.24) is 20.0 Å². The molecule has 0 N–H and O–H groups in total. The van der Waals surface area contributed by atoms with Crippen LogP contribution in [0.5, 0.6) is 0 Å². The molecule has 0 aliphatic heterocycles. The Morgan fingerprint density at radius 3 is 2.54 bits per heavy atom. The first-order chi connectivity index (χ1) is 11.3. The van der Waals surface area contributed by atoms with Crippen LogP contribution < -0.4 is 0 Å². The summed E-state index contributed by atoms with van der Waals surface area (Å²) in [5.41, 5.74) is -3.97. The van der Waals surface area contributed by atoms with E-state index in [1.54, 1.807) is 38.5 Å². The second kappa shape index (κ2) is 7.63. The van der Waals surface area contributed by atoms with E-state index in [0.717, 1.165) is 6.20 Å². The minimum absolute atomic E-state index is 0.107. The first-order valence-corrected chi connectivity index (χ1v) is 7.68. The first kappa shape index (κ1) is 18.2. The van der Waals surface area contributed by atoms with Gasteiger partial charge in [-0.05, 0) is 30.0 Å². The molecule has 0 spiro atoms. The molecule has 0 fully saturated rings. The highest BCUT2D eigenvalue weighted by Gasteiger charge is 2.32. The molecule has 0 radical (unpaired) electrons. The number of carbonyl (C=O) groups excluding carboxylic acids is 1. The summed E-state index contributed by atoms with van der Waals surface area (Å²) in [6.45, 7) is 0.137. The van der Waals surface area contributed by atoms with Crippen molar-refractivity contribution >= 4 is 17.7 Å². The van der Waals surface area contributed by atoms with Crippen molar-refractivity contribution < 1.29 is 18.0 Å². The molecule has 0 aliphatic carbocycles. The second-order valence-electron chi connectivity index (χ2n) is 4.95. The smallest absolute Gasteiger partial charge is 0.267 e. The normalized spacial score (nSPS) is 11.6. The fraction of sp³-hybridized carbons (Fsp3) is 0.267. The van der Waals surface area contributed by atoms with Crippen LogP contribution >= 0.6 is 11.8 Å². The third-order valence-electron chi connectivity index (χ3n) is 2.99. The van der Waals surface area contributed by atoms with E-state index in [1.807, 2.05) is 0 Å². The molecule has 0 aromatic carbocycles. The lowest BCUT2D eigenvalue weighted by Gasteiger charge is -2.29. The quantitative estimate of drug-likeness (QED) is 0.608. The Labute approximate surface area is 141 Å². The topological polar surface area (TPSA) is 49.3 Å². The van der Waals surface area contributed by atoms with Crippen LogP contribution in [0.15, 0.2) is 47.8 Å². The van der Waals surface area contributed by atoms with Gasteiger partial charge in [0.1, 0.15) is 0 Å².